The van der Waals surface area contributed by atoms with E-state index in [1.165, 1.54) is 10.7 Å². The first-order valence-electron chi connectivity index (χ1n) is 9.77. The molecule has 11 heteroatoms. The van der Waals surface area contributed by atoms with Crippen molar-refractivity contribution in [3.05, 3.63) is 72.2 Å². The molecule has 0 saturated heterocycles. The number of hydrogen-bond acceptors (Lipinski definition) is 6. The summed E-state index contributed by atoms with van der Waals surface area (Å²) in [6.45, 7) is -0.303. The fourth-order valence-corrected chi connectivity index (χ4v) is 3.63. The molecule has 0 bridgehead atoms. The molecule has 5 rings (SSSR count). The minimum atomic E-state index is -1.02. The SMILES string of the molecule is Nc1nc2c(F)cc(F)cc2cc1OCc1cc2c(cnn2CC(=O)O)cc1-n1cccn1. The molecule has 0 spiro atoms. The number of ether oxygens (including phenoxy) is 1. The van der Waals surface area contributed by atoms with Gasteiger partial charge in [0.1, 0.15) is 24.5 Å². The molecule has 0 unspecified atom stereocenters. The largest absolute Gasteiger partial charge is 0.485 e. The van der Waals surface area contributed by atoms with Crippen LogP contribution in [0.3, 0.4) is 0 Å². The molecular formula is C22H16F2N6O3. The summed E-state index contributed by atoms with van der Waals surface area (Å²) in [6.07, 6.45) is 4.95. The number of rotatable bonds is 6. The Hall–Kier alpha value is -4.54. The molecule has 2 aromatic carbocycles. The van der Waals surface area contributed by atoms with Gasteiger partial charge < -0.3 is 15.6 Å². The molecule has 0 fully saturated rings. The van der Waals surface area contributed by atoms with E-state index in [9.17, 15) is 13.6 Å². The number of carboxylic acid groups (broad SMARTS) is 1. The Morgan fingerprint density at radius 2 is 1.97 bits per heavy atom. The zero-order chi connectivity index (χ0) is 23.1. The van der Waals surface area contributed by atoms with Crippen molar-refractivity contribution >= 4 is 33.6 Å². The topological polar surface area (TPSA) is 121 Å². The average molecular weight is 450 g/mol. The third kappa shape index (κ3) is 3.80. The van der Waals surface area contributed by atoms with Crippen LogP contribution in [0.15, 0.2) is 55.0 Å². The van der Waals surface area contributed by atoms with Gasteiger partial charge >= 0.3 is 5.97 Å². The Morgan fingerprint density at radius 1 is 1.12 bits per heavy atom. The number of carbonyl (C=O) groups is 1. The molecule has 33 heavy (non-hydrogen) atoms. The number of aliphatic carboxylic acids is 1. The molecule has 0 radical (unpaired) electrons. The number of nitrogen functional groups attached to an aromatic ring is 1. The number of anilines is 1. The van der Waals surface area contributed by atoms with E-state index in [0.29, 0.717) is 16.8 Å². The van der Waals surface area contributed by atoms with Gasteiger partial charge in [-0.2, -0.15) is 10.2 Å². The smallest absolute Gasteiger partial charge is 0.325 e. The third-order valence-electron chi connectivity index (χ3n) is 5.09. The summed E-state index contributed by atoms with van der Waals surface area (Å²) in [7, 11) is 0. The maximum atomic E-state index is 14.0. The van der Waals surface area contributed by atoms with Crippen LogP contribution in [-0.4, -0.2) is 35.6 Å². The molecule has 3 N–H and O–H groups in total. The van der Waals surface area contributed by atoms with Crippen molar-refractivity contribution in [3.63, 3.8) is 0 Å². The summed E-state index contributed by atoms with van der Waals surface area (Å²) in [5.41, 5.74) is 7.83. The predicted octanol–water partition coefficient (Wildman–Crippen LogP) is 3.29. The maximum absolute atomic E-state index is 14.0. The van der Waals surface area contributed by atoms with Crippen molar-refractivity contribution in [2.24, 2.45) is 0 Å². The number of pyridine rings is 1. The second-order valence-electron chi connectivity index (χ2n) is 7.31. The van der Waals surface area contributed by atoms with Gasteiger partial charge in [-0.05, 0) is 30.3 Å². The molecule has 166 valence electrons. The standard InChI is InChI=1S/C22H16F2N6O3/c23-15-4-12-7-19(22(25)28-21(12)16(24)8-15)33-11-14-6-17-13(9-27-30(17)10-20(31)32)5-18(14)29-3-1-2-26-29/h1-9H,10-11H2,(H2,25,28)(H,31,32). The lowest BCUT2D eigenvalue weighted by atomic mass is 10.1. The highest BCUT2D eigenvalue weighted by Gasteiger charge is 2.15. The van der Waals surface area contributed by atoms with Crippen LogP contribution in [0.2, 0.25) is 0 Å². The minimum Gasteiger partial charge on any atom is -0.485 e. The lowest BCUT2D eigenvalue weighted by molar-refractivity contribution is -0.137. The van der Waals surface area contributed by atoms with E-state index < -0.39 is 17.6 Å². The van der Waals surface area contributed by atoms with E-state index in [4.69, 9.17) is 15.6 Å². The van der Waals surface area contributed by atoms with Crippen LogP contribution in [0.4, 0.5) is 14.6 Å². The van der Waals surface area contributed by atoms with Crippen LogP contribution in [0, 0.1) is 11.6 Å². The Balaban J connectivity index is 1.55. The van der Waals surface area contributed by atoms with E-state index in [-0.39, 0.29) is 35.6 Å². The van der Waals surface area contributed by atoms with Crippen molar-refractivity contribution in [2.45, 2.75) is 13.2 Å². The zero-order valence-electron chi connectivity index (χ0n) is 16.9. The molecule has 0 amide bonds. The van der Waals surface area contributed by atoms with Gasteiger partial charge in [0, 0.05) is 34.8 Å². The number of nitrogens with zero attached hydrogens (tertiary/aromatic N) is 5. The summed E-state index contributed by atoms with van der Waals surface area (Å²) in [5.74, 6) is -2.48. The van der Waals surface area contributed by atoms with Crippen LogP contribution in [0.5, 0.6) is 5.75 Å². The molecule has 3 heterocycles. The molecule has 0 aliphatic carbocycles. The van der Waals surface area contributed by atoms with Crippen LogP contribution < -0.4 is 10.5 Å². The number of halogens is 2. The van der Waals surface area contributed by atoms with Crippen LogP contribution in [0.1, 0.15) is 5.56 Å². The van der Waals surface area contributed by atoms with E-state index >= 15 is 0 Å². The first-order chi connectivity index (χ1) is 15.9. The van der Waals surface area contributed by atoms with E-state index in [1.54, 1.807) is 35.4 Å². The van der Waals surface area contributed by atoms with Crippen molar-refractivity contribution in [1.29, 1.82) is 0 Å². The maximum Gasteiger partial charge on any atom is 0.325 e. The van der Waals surface area contributed by atoms with E-state index in [1.807, 2.05) is 6.07 Å². The molecule has 0 atom stereocenters. The highest BCUT2D eigenvalue weighted by molar-refractivity contribution is 5.84. The normalized spacial score (nSPS) is 11.3. The summed E-state index contributed by atoms with van der Waals surface area (Å²) in [4.78, 5) is 15.2. The lowest BCUT2D eigenvalue weighted by Crippen LogP contribution is -2.10. The average Bonchev–Trinajstić information content (AvgIpc) is 3.42. The Morgan fingerprint density at radius 3 is 2.73 bits per heavy atom. The Bertz CT molecular complexity index is 1510. The van der Waals surface area contributed by atoms with Gasteiger partial charge in [-0.3, -0.25) is 9.48 Å². The quantitative estimate of drug-likeness (QED) is 0.407. The highest BCUT2D eigenvalue weighted by Crippen LogP contribution is 2.29. The highest BCUT2D eigenvalue weighted by atomic mass is 19.1. The van der Waals surface area contributed by atoms with Crippen LogP contribution in [0.25, 0.3) is 27.5 Å². The monoisotopic (exact) mass is 450 g/mol. The molecule has 5 aromatic rings. The number of carboxylic acids is 1. The Kier molecular flexibility index (Phi) is 4.85. The number of fused-ring (bicyclic) bond motifs is 2. The summed E-state index contributed by atoms with van der Waals surface area (Å²) in [5, 5.41) is 18.5. The molecule has 9 nitrogen and oxygen atoms in total. The van der Waals surface area contributed by atoms with Crippen molar-refractivity contribution in [1.82, 2.24) is 24.5 Å². The molecule has 0 aliphatic heterocycles. The first-order valence-corrected chi connectivity index (χ1v) is 9.77. The van der Waals surface area contributed by atoms with Crippen molar-refractivity contribution in [2.75, 3.05) is 5.73 Å². The zero-order valence-corrected chi connectivity index (χ0v) is 16.9. The summed E-state index contributed by atoms with van der Waals surface area (Å²) in [6, 6.07) is 8.64. The fraction of sp³-hybridized carbons (Fsp3) is 0.0909. The van der Waals surface area contributed by atoms with E-state index in [0.717, 1.165) is 17.5 Å². The van der Waals surface area contributed by atoms with Crippen LogP contribution in [-0.2, 0) is 17.9 Å². The van der Waals surface area contributed by atoms with Gasteiger partial charge in [0.25, 0.3) is 0 Å². The van der Waals surface area contributed by atoms with Gasteiger partial charge in [0.15, 0.2) is 17.4 Å². The van der Waals surface area contributed by atoms with Gasteiger partial charge in [-0.15, -0.1) is 0 Å². The summed E-state index contributed by atoms with van der Waals surface area (Å²) < 4.78 is 36.5. The van der Waals surface area contributed by atoms with Crippen molar-refractivity contribution < 1.29 is 23.4 Å². The molecule has 0 aliphatic rings. The Labute approximate surface area is 184 Å². The second-order valence-corrected chi connectivity index (χ2v) is 7.31. The van der Waals surface area contributed by atoms with Crippen molar-refractivity contribution in [3.8, 4) is 11.4 Å². The molecular weight excluding hydrogens is 434 g/mol. The first kappa shape index (κ1) is 20.4. The number of nitrogens with two attached hydrogens (primary N) is 1. The molecule has 0 saturated carbocycles. The fourth-order valence-electron chi connectivity index (χ4n) is 3.63. The lowest BCUT2D eigenvalue weighted by Gasteiger charge is -2.14. The third-order valence-corrected chi connectivity index (χ3v) is 5.09. The van der Waals surface area contributed by atoms with Gasteiger partial charge in [-0.1, -0.05) is 0 Å². The van der Waals surface area contributed by atoms with Gasteiger partial charge in [-0.25, -0.2) is 18.4 Å². The molecule has 3 aromatic heterocycles. The van der Waals surface area contributed by atoms with Gasteiger partial charge in [0.05, 0.1) is 17.4 Å². The number of benzene rings is 2. The minimum absolute atomic E-state index is 0.00142. The number of hydrogen-bond donors (Lipinski definition) is 2. The summed E-state index contributed by atoms with van der Waals surface area (Å²) >= 11 is 0. The van der Waals surface area contributed by atoms with Gasteiger partial charge in [0.2, 0.25) is 0 Å². The number of aromatic nitrogens is 5. The van der Waals surface area contributed by atoms with Crippen LogP contribution >= 0.6 is 0 Å². The second kappa shape index (κ2) is 7.86. The van der Waals surface area contributed by atoms with E-state index in [2.05, 4.69) is 15.2 Å². The predicted molar refractivity (Wildman–Crippen MR) is 115 cm³/mol.